The molecule has 0 amide bonds. The molecule has 0 N–H and O–H groups in total. The number of rotatable bonds is 10. The monoisotopic (exact) mass is 277 g/mol. The molecule has 0 saturated carbocycles. The first-order valence-corrected chi connectivity index (χ1v) is 9.00. The zero-order valence-electron chi connectivity index (χ0n) is 11.1. The van der Waals surface area contributed by atoms with Crippen molar-refractivity contribution in [3.8, 4) is 0 Å². The van der Waals surface area contributed by atoms with Crippen molar-refractivity contribution < 1.29 is 9.59 Å². The van der Waals surface area contributed by atoms with Crippen LogP contribution in [0.4, 0.5) is 0 Å². The fourth-order valence-electron chi connectivity index (χ4n) is 1.77. The van der Waals surface area contributed by atoms with Crippen LogP contribution >= 0.6 is 17.3 Å². The summed E-state index contributed by atoms with van der Waals surface area (Å²) in [6, 6.07) is -0.250. The second kappa shape index (κ2) is 10.1. The molecule has 3 unspecified atom stereocenters. The van der Waals surface area contributed by atoms with Gasteiger partial charge in [-0.1, -0.05) is 35.6 Å². The van der Waals surface area contributed by atoms with Crippen molar-refractivity contribution in [2.75, 3.05) is 7.05 Å². The van der Waals surface area contributed by atoms with Gasteiger partial charge in [0.1, 0.15) is 12.1 Å². The van der Waals surface area contributed by atoms with Crippen molar-refractivity contribution in [2.45, 2.75) is 52.0 Å². The standard InChI is InChI=1S/C12H25NO2P2/c1-4-10(5-2)6-7-12(15)8-11(9-14)13(3)17-16/h9-11,17H,4-8,16H2,1-3H3. The average Bonchev–Trinajstić information content (AvgIpc) is 2.36. The van der Waals surface area contributed by atoms with Crippen LogP contribution in [-0.2, 0) is 9.59 Å². The number of likely N-dealkylation sites (N-methyl/N-ethyl adjacent to an activating group) is 1. The van der Waals surface area contributed by atoms with Crippen LogP contribution in [0.3, 0.4) is 0 Å². The fourth-order valence-corrected chi connectivity index (χ4v) is 2.69. The van der Waals surface area contributed by atoms with Gasteiger partial charge in [0, 0.05) is 12.8 Å². The molecule has 0 aromatic carbocycles. The van der Waals surface area contributed by atoms with E-state index in [9.17, 15) is 9.59 Å². The summed E-state index contributed by atoms with van der Waals surface area (Å²) in [6.45, 7) is 4.33. The van der Waals surface area contributed by atoms with Gasteiger partial charge in [0.2, 0.25) is 0 Å². The first-order chi connectivity index (χ1) is 8.08. The van der Waals surface area contributed by atoms with E-state index in [4.69, 9.17) is 0 Å². The average molecular weight is 277 g/mol. The molecule has 0 bridgehead atoms. The van der Waals surface area contributed by atoms with E-state index in [2.05, 4.69) is 22.8 Å². The molecule has 3 atom stereocenters. The molecule has 0 saturated heterocycles. The summed E-state index contributed by atoms with van der Waals surface area (Å²) in [5.41, 5.74) is 0. The van der Waals surface area contributed by atoms with Gasteiger partial charge in [-0.3, -0.25) is 9.46 Å². The molecule has 0 rings (SSSR count). The number of nitrogens with zero attached hydrogens (tertiary/aromatic N) is 1. The maximum Gasteiger partial charge on any atom is 0.137 e. The Bertz CT molecular complexity index is 233. The number of hydrogen-bond acceptors (Lipinski definition) is 3. The normalized spacial score (nSPS) is 13.8. The molecule has 0 aliphatic heterocycles. The van der Waals surface area contributed by atoms with Gasteiger partial charge in [-0.25, -0.2) is 0 Å². The lowest BCUT2D eigenvalue weighted by molar-refractivity contribution is -0.122. The van der Waals surface area contributed by atoms with E-state index in [1.165, 1.54) is 0 Å². The highest BCUT2D eigenvalue weighted by Gasteiger charge is 2.17. The lowest BCUT2D eigenvalue weighted by atomic mass is 9.95. The first-order valence-electron chi connectivity index (χ1n) is 6.25. The zero-order valence-corrected chi connectivity index (χ0v) is 13.3. The topological polar surface area (TPSA) is 37.4 Å². The Morgan fingerprint density at radius 1 is 1.41 bits per heavy atom. The Balaban J connectivity index is 4.02. The molecule has 17 heavy (non-hydrogen) atoms. The lowest BCUT2D eigenvalue weighted by Gasteiger charge is -2.20. The summed E-state index contributed by atoms with van der Waals surface area (Å²) in [4.78, 5) is 22.7. The number of carbonyl (C=O) groups excluding carboxylic acids is 2. The van der Waals surface area contributed by atoms with Crippen LogP contribution in [0.15, 0.2) is 0 Å². The molecule has 5 heteroatoms. The van der Waals surface area contributed by atoms with E-state index in [1.54, 1.807) is 0 Å². The van der Waals surface area contributed by atoms with Gasteiger partial charge < -0.3 is 4.79 Å². The minimum atomic E-state index is -0.250. The third kappa shape index (κ3) is 7.24. The largest absolute Gasteiger partial charge is 0.302 e. The van der Waals surface area contributed by atoms with Crippen LogP contribution < -0.4 is 0 Å². The van der Waals surface area contributed by atoms with E-state index in [0.717, 1.165) is 25.5 Å². The Labute approximate surface area is 109 Å². The van der Waals surface area contributed by atoms with E-state index in [0.29, 0.717) is 27.2 Å². The van der Waals surface area contributed by atoms with Crippen LogP contribution in [0, 0.1) is 5.92 Å². The molecule has 0 heterocycles. The van der Waals surface area contributed by atoms with Crippen LogP contribution in [0.25, 0.3) is 0 Å². The second-order valence-corrected chi connectivity index (χ2v) is 6.15. The van der Waals surface area contributed by atoms with Gasteiger partial charge in [-0.05, 0) is 27.8 Å². The molecule has 3 nitrogen and oxygen atoms in total. The third-order valence-corrected chi connectivity index (χ3v) is 5.24. The Morgan fingerprint density at radius 3 is 2.41 bits per heavy atom. The molecule has 0 aromatic rings. The first kappa shape index (κ1) is 17.2. The van der Waals surface area contributed by atoms with Crippen molar-refractivity contribution in [2.24, 2.45) is 5.92 Å². The zero-order chi connectivity index (χ0) is 13.3. The highest BCUT2D eigenvalue weighted by molar-refractivity contribution is 8.01. The van der Waals surface area contributed by atoms with E-state index < -0.39 is 0 Å². The summed E-state index contributed by atoms with van der Waals surface area (Å²) < 4.78 is 1.91. The fraction of sp³-hybridized carbons (Fsp3) is 0.833. The van der Waals surface area contributed by atoms with Crippen molar-refractivity contribution >= 4 is 29.4 Å². The smallest absolute Gasteiger partial charge is 0.137 e. The Hall–Kier alpha value is 0.160. The molecule has 0 spiro atoms. The molecular formula is C12H25NO2P2. The Morgan fingerprint density at radius 2 is 2.00 bits per heavy atom. The second-order valence-electron chi connectivity index (χ2n) is 4.41. The van der Waals surface area contributed by atoms with Gasteiger partial charge in [0.15, 0.2) is 0 Å². The molecule has 0 aromatic heterocycles. The number of ketones is 1. The SMILES string of the molecule is CCC(CC)CCC(=O)CC(C=O)N(C)PP. The molecule has 0 fully saturated rings. The molecule has 100 valence electrons. The highest BCUT2D eigenvalue weighted by atomic mass is 32.0. The maximum atomic E-state index is 11.8. The predicted octanol–water partition coefficient (Wildman–Crippen LogP) is 3.04. The van der Waals surface area contributed by atoms with Crippen molar-refractivity contribution in [1.82, 2.24) is 4.67 Å². The third-order valence-electron chi connectivity index (χ3n) is 3.28. The number of hydrogen-bond donors (Lipinski definition) is 0. The minimum Gasteiger partial charge on any atom is -0.302 e. The molecule has 0 aliphatic rings. The minimum absolute atomic E-state index is 0.212. The summed E-state index contributed by atoms with van der Waals surface area (Å²) in [7, 11) is 4.95. The summed E-state index contributed by atoms with van der Waals surface area (Å²) in [6.07, 6.45) is 5.09. The Kier molecular flexibility index (Phi) is 10.2. The van der Waals surface area contributed by atoms with Gasteiger partial charge in [0.05, 0.1) is 6.04 Å². The van der Waals surface area contributed by atoms with Gasteiger partial charge in [-0.15, -0.1) is 0 Å². The summed E-state index contributed by atoms with van der Waals surface area (Å²) in [5, 5.41) is 0. The highest BCUT2D eigenvalue weighted by Crippen LogP contribution is 2.27. The van der Waals surface area contributed by atoms with Gasteiger partial charge >= 0.3 is 0 Å². The molecule has 0 radical (unpaired) electrons. The van der Waals surface area contributed by atoms with Crippen molar-refractivity contribution in [3.63, 3.8) is 0 Å². The predicted molar refractivity (Wildman–Crippen MR) is 78.6 cm³/mol. The van der Waals surface area contributed by atoms with E-state index >= 15 is 0 Å². The molecule has 0 aliphatic carbocycles. The number of Topliss-reactive ketones (excluding diaryl/α,β-unsaturated/α-hetero) is 1. The quantitative estimate of drug-likeness (QED) is 0.455. The van der Waals surface area contributed by atoms with Crippen molar-refractivity contribution in [1.29, 1.82) is 0 Å². The van der Waals surface area contributed by atoms with Crippen LogP contribution in [0.2, 0.25) is 0 Å². The summed E-state index contributed by atoms with van der Waals surface area (Å²) in [5.74, 6) is 0.860. The molecular weight excluding hydrogens is 252 g/mol. The number of carbonyl (C=O) groups is 2. The van der Waals surface area contributed by atoms with E-state index in [-0.39, 0.29) is 11.8 Å². The van der Waals surface area contributed by atoms with E-state index in [1.807, 2.05) is 11.7 Å². The van der Waals surface area contributed by atoms with Crippen LogP contribution in [0.5, 0.6) is 0 Å². The van der Waals surface area contributed by atoms with Crippen LogP contribution in [-0.4, -0.2) is 29.8 Å². The summed E-state index contributed by atoms with van der Waals surface area (Å²) >= 11 is 0. The van der Waals surface area contributed by atoms with Gasteiger partial charge in [-0.2, -0.15) is 0 Å². The van der Waals surface area contributed by atoms with Gasteiger partial charge in [0.25, 0.3) is 0 Å². The lowest BCUT2D eigenvalue weighted by Crippen LogP contribution is -2.28. The maximum absolute atomic E-state index is 11.8. The van der Waals surface area contributed by atoms with Crippen LogP contribution in [0.1, 0.15) is 46.0 Å². The number of aldehydes is 1. The van der Waals surface area contributed by atoms with Crippen molar-refractivity contribution in [3.05, 3.63) is 0 Å².